The lowest BCUT2D eigenvalue weighted by Crippen LogP contribution is -1.95. The number of hydrogen-bond acceptors (Lipinski definition) is 9. The van der Waals surface area contributed by atoms with E-state index in [9.17, 15) is 0 Å². The minimum absolute atomic E-state index is 0.177. The van der Waals surface area contributed by atoms with Gasteiger partial charge in [-0.25, -0.2) is 0 Å². The minimum Gasteiger partial charge on any atom is -0.437 e. The lowest BCUT2D eigenvalue weighted by atomic mass is 10.3. The molecule has 0 bridgehead atoms. The second kappa shape index (κ2) is 9.04. The third-order valence-corrected chi connectivity index (χ3v) is 3.82. The molecule has 12 heteroatoms. The van der Waals surface area contributed by atoms with Crippen LogP contribution < -0.4 is 14.2 Å². The zero-order valence-corrected chi connectivity index (χ0v) is 17.0. The van der Waals surface area contributed by atoms with E-state index < -0.39 is 0 Å². The van der Waals surface area contributed by atoms with Gasteiger partial charge in [0, 0.05) is 18.2 Å². The van der Waals surface area contributed by atoms with Crippen LogP contribution in [0.15, 0.2) is 55.4 Å². The fourth-order valence-corrected chi connectivity index (χ4v) is 2.63. The van der Waals surface area contributed by atoms with Crippen LogP contribution in [-0.2, 0) is 0 Å². The molecular formula is C18H9Cl3N6O3. The Bertz CT molecular complexity index is 1040. The van der Waals surface area contributed by atoms with Crippen molar-refractivity contribution in [3.8, 4) is 34.9 Å². The second-order valence-electron chi connectivity index (χ2n) is 5.49. The molecule has 30 heavy (non-hydrogen) atoms. The zero-order valence-electron chi connectivity index (χ0n) is 14.7. The van der Waals surface area contributed by atoms with Crippen molar-refractivity contribution < 1.29 is 14.2 Å². The molecule has 0 aliphatic carbocycles. The highest BCUT2D eigenvalue weighted by Crippen LogP contribution is 2.34. The van der Waals surface area contributed by atoms with Gasteiger partial charge >= 0.3 is 0 Å². The van der Waals surface area contributed by atoms with Gasteiger partial charge in [-0.2, -0.15) is 15.0 Å². The molecule has 0 amide bonds. The Hall–Kier alpha value is -3.27. The van der Waals surface area contributed by atoms with Gasteiger partial charge in [0.25, 0.3) is 0 Å². The van der Waals surface area contributed by atoms with E-state index in [2.05, 4.69) is 29.9 Å². The first-order valence-electron chi connectivity index (χ1n) is 8.15. The summed E-state index contributed by atoms with van der Waals surface area (Å²) in [7, 11) is 0. The Morgan fingerprint density at radius 2 is 0.767 bits per heavy atom. The summed E-state index contributed by atoms with van der Waals surface area (Å²) in [6.07, 6.45) is 8.38. The molecule has 150 valence electrons. The molecule has 0 aliphatic rings. The molecule has 0 unspecified atom stereocenters. The van der Waals surface area contributed by atoms with E-state index >= 15 is 0 Å². The van der Waals surface area contributed by atoms with Gasteiger partial charge in [0.05, 0.1) is 37.2 Å². The summed E-state index contributed by atoms with van der Waals surface area (Å²) in [6.45, 7) is 0. The molecule has 0 radical (unpaired) electrons. The van der Waals surface area contributed by atoms with Crippen LogP contribution in [0.2, 0.25) is 15.5 Å². The molecular weight excluding hydrogens is 455 g/mol. The average molecular weight is 464 g/mol. The number of benzene rings is 1. The third-order valence-electron chi connectivity index (χ3n) is 3.27. The Morgan fingerprint density at radius 1 is 0.467 bits per heavy atom. The highest BCUT2D eigenvalue weighted by Gasteiger charge is 2.11. The fourth-order valence-electron chi connectivity index (χ4n) is 2.21. The van der Waals surface area contributed by atoms with E-state index in [-0.39, 0.29) is 33.1 Å². The first kappa shape index (κ1) is 20.0. The van der Waals surface area contributed by atoms with Crippen LogP contribution in [0, 0.1) is 0 Å². The molecule has 9 nitrogen and oxygen atoms in total. The molecule has 3 aromatic heterocycles. The Labute approximate surface area is 184 Å². The number of hydrogen-bond donors (Lipinski definition) is 0. The topological polar surface area (TPSA) is 105 Å². The summed E-state index contributed by atoms with van der Waals surface area (Å²) in [6, 6.07) is 4.75. The van der Waals surface area contributed by atoms with Crippen LogP contribution in [0.4, 0.5) is 0 Å². The van der Waals surface area contributed by atoms with Crippen molar-refractivity contribution in [2.75, 3.05) is 0 Å². The molecule has 4 rings (SSSR count). The number of ether oxygens (including phenoxy) is 3. The summed E-state index contributed by atoms with van der Waals surface area (Å²) < 4.78 is 17.2. The van der Waals surface area contributed by atoms with Crippen molar-refractivity contribution in [1.29, 1.82) is 0 Å². The van der Waals surface area contributed by atoms with Crippen molar-refractivity contribution in [3.05, 3.63) is 70.8 Å². The van der Waals surface area contributed by atoms with Gasteiger partial charge < -0.3 is 14.2 Å². The number of aromatic nitrogens is 6. The maximum Gasteiger partial charge on any atom is 0.239 e. The SMILES string of the molecule is Clc1cncc(Oc2cc(Oc3cncc(Cl)n3)cc(Oc3cncc(Cl)n3)c2)n1. The Morgan fingerprint density at radius 3 is 1.03 bits per heavy atom. The molecule has 0 aliphatic heterocycles. The van der Waals surface area contributed by atoms with Gasteiger partial charge in [0.15, 0.2) is 15.5 Å². The van der Waals surface area contributed by atoms with Crippen LogP contribution in [0.25, 0.3) is 0 Å². The third kappa shape index (κ3) is 5.41. The Kier molecular flexibility index (Phi) is 6.03. The van der Waals surface area contributed by atoms with Crippen LogP contribution in [0.5, 0.6) is 34.9 Å². The van der Waals surface area contributed by atoms with Crippen molar-refractivity contribution in [3.63, 3.8) is 0 Å². The number of halogens is 3. The van der Waals surface area contributed by atoms with Gasteiger partial charge in [0.1, 0.15) is 17.2 Å². The quantitative estimate of drug-likeness (QED) is 0.372. The van der Waals surface area contributed by atoms with Gasteiger partial charge in [-0.1, -0.05) is 34.8 Å². The largest absolute Gasteiger partial charge is 0.437 e. The monoisotopic (exact) mass is 462 g/mol. The van der Waals surface area contributed by atoms with Crippen molar-refractivity contribution in [2.45, 2.75) is 0 Å². The van der Waals surface area contributed by atoms with Crippen LogP contribution in [0.3, 0.4) is 0 Å². The maximum absolute atomic E-state index is 5.86. The Balaban J connectivity index is 1.67. The van der Waals surface area contributed by atoms with Crippen molar-refractivity contribution in [1.82, 2.24) is 29.9 Å². The summed E-state index contributed by atoms with van der Waals surface area (Å²) in [5.41, 5.74) is 0. The highest BCUT2D eigenvalue weighted by molar-refractivity contribution is 6.29. The summed E-state index contributed by atoms with van der Waals surface area (Å²) in [4.78, 5) is 23.9. The summed E-state index contributed by atoms with van der Waals surface area (Å²) in [5.74, 6) is 1.50. The second-order valence-corrected chi connectivity index (χ2v) is 6.65. The zero-order chi connectivity index (χ0) is 20.9. The van der Waals surface area contributed by atoms with Crippen LogP contribution in [0.1, 0.15) is 0 Å². The van der Waals surface area contributed by atoms with E-state index in [1.165, 1.54) is 37.2 Å². The molecule has 0 saturated heterocycles. The molecule has 4 aromatic rings. The normalized spacial score (nSPS) is 10.5. The van der Waals surface area contributed by atoms with Gasteiger partial charge in [-0.3, -0.25) is 15.0 Å². The van der Waals surface area contributed by atoms with Crippen molar-refractivity contribution >= 4 is 34.8 Å². The van der Waals surface area contributed by atoms with Gasteiger partial charge in [-0.05, 0) is 0 Å². The lowest BCUT2D eigenvalue weighted by Gasteiger charge is -2.11. The van der Waals surface area contributed by atoms with Gasteiger partial charge in [-0.15, -0.1) is 0 Å². The number of rotatable bonds is 6. The predicted molar refractivity (Wildman–Crippen MR) is 108 cm³/mol. The van der Waals surface area contributed by atoms with E-state index in [0.29, 0.717) is 17.2 Å². The average Bonchev–Trinajstić information content (AvgIpc) is 2.68. The smallest absolute Gasteiger partial charge is 0.239 e. The molecule has 0 saturated carbocycles. The molecule has 3 heterocycles. The maximum atomic E-state index is 5.86. The molecule has 0 fully saturated rings. The first-order chi connectivity index (χ1) is 14.5. The lowest BCUT2D eigenvalue weighted by molar-refractivity contribution is 0.420. The summed E-state index contributed by atoms with van der Waals surface area (Å²) in [5, 5.41) is 0.541. The number of nitrogens with zero attached hydrogens (tertiary/aromatic N) is 6. The van der Waals surface area contributed by atoms with Crippen LogP contribution >= 0.6 is 34.8 Å². The predicted octanol–water partition coefficient (Wildman–Crippen LogP) is 5.39. The van der Waals surface area contributed by atoms with E-state index in [0.717, 1.165) is 0 Å². The van der Waals surface area contributed by atoms with Gasteiger partial charge in [0.2, 0.25) is 17.6 Å². The minimum atomic E-state index is 0.177. The fraction of sp³-hybridized carbons (Fsp3) is 0. The molecule has 1 aromatic carbocycles. The van der Waals surface area contributed by atoms with Crippen LogP contribution in [-0.4, -0.2) is 29.9 Å². The molecule has 0 atom stereocenters. The summed E-state index contributed by atoms with van der Waals surface area (Å²) >= 11 is 17.6. The highest BCUT2D eigenvalue weighted by atomic mass is 35.5. The van der Waals surface area contributed by atoms with E-state index in [4.69, 9.17) is 49.0 Å². The van der Waals surface area contributed by atoms with E-state index in [1.807, 2.05) is 0 Å². The van der Waals surface area contributed by atoms with E-state index in [1.54, 1.807) is 18.2 Å². The molecule has 0 spiro atoms. The van der Waals surface area contributed by atoms with Crippen molar-refractivity contribution in [2.24, 2.45) is 0 Å². The first-order valence-corrected chi connectivity index (χ1v) is 9.28. The molecule has 0 N–H and O–H groups in total. The standard InChI is InChI=1S/C18H9Cl3N6O3/c19-13-4-22-7-16(25-13)28-10-1-11(29-17-8-23-5-14(20)26-17)3-12(2-10)30-18-9-24-6-15(21)27-18/h1-9H.